The highest BCUT2D eigenvalue weighted by atomic mass is 16.5. The van der Waals surface area contributed by atoms with E-state index in [-0.39, 0.29) is 12.0 Å². The van der Waals surface area contributed by atoms with Crippen molar-refractivity contribution >= 4 is 40.5 Å². The number of aryl methyl sites for hydroxylation is 2. The number of benzene rings is 4. The fourth-order valence-electron chi connectivity index (χ4n) is 5.56. The zero-order chi connectivity index (χ0) is 28.8. The molecule has 1 aromatic heterocycles. The maximum absolute atomic E-state index is 12.3. The van der Waals surface area contributed by atoms with Gasteiger partial charge in [-0.1, -0.05) is 60.2 Å². The first-order valence-corrected chi connectivity index (χ1v) is 13.7. The van der Waals surface area contributed by atoms with Crippen molar-refractivity contribution in [3.05, 3.63) is 131 Å². The number of aromatic nitrogens is 2. The predicted molar refractivity (Wildman–Crippen MR) is 166 cm³/mol. The summed E-state index contributed by atoms with van der Waals surface area (Å²) in [5.74, 6) is 1.68. The van der Waals surface area contributed by atoms with E-state index in [0.717, 1.165) is 45.4 Å². The number of fused-ring (bicyclic) bond motifs is 4. The van der Waals surface area contributed by atoms with E-state index in [1.165, 1.54) is 12.7 Å². The number of aliphatic imine (C=N–C) groups is 2. The van der Waals surface area contributed by atoms with Crippen molar-refractivity contribution in [3.8, 4) is 5.69 Å². The van der Waals surface area contributed by atoms with Crippen LogP contribution in [0.15, 0.2) is 113 Å². The van der Waals surface area contributed by atoms with Crippen LogP contribution in [0.3, 0.4) is 0 Å². The Morgan fingerprint density at radius 2 is 1.55 bits per heavy atom. The fraction of sp³-hybridized carbons (Fsp3) is 0.118. The van der Waals surface area contributed by atoms with Gasteiger partial charge in [-0.15, -0.1) is 0 Å². The summed E-state index contributed by atoms with van der Waals surface area (Å²) >= 11 is 0. The van der Waals surface area contributed by atoms with Crippen LogP contribution in [0.25, 0.3) is 5.69 Å². The van der Waals surface area contributed by atoms with Gasteiger partial charge in [0.05, 0.1) is 41.5 Å². The van der Waals surface area contributed by atoms with Crippen LogP contribution in [-0.2, 0) is 4.74 Å². The Kier molecular flexibility index (Phi) is 6.16. The molecule has 1 N–H and O–H groups in total. The van der Waals surface area contributed by atoms with Crippen LogP contribution in [0.5, 0.6) is 0 Å². The van der Waals surface area contributed by atoms with Crippen LogP contribution in [-0.4, -0.2) is 34.5 Å². The Hall–Kier alpha value is -5.50. The Morgan fingerprint density at radius 1 is 0.833 bits per heavy atom. The molecule has 4 aromatic carbocycles. The molecule has 3 heterocycles. The summed E-state index contributed by atoms with van der Waals surface area (Å²) in [6, 6.07) is 33.6. The number of rotatable bonds is 4. The minimum absolute atomic E-state index is 0.289. The first kappa shape index (κ1) is 25.5. The third-order valence-electron chi connectivity index (χ3n) is 7.60. The lowest BCUT2D eigenvalue weighted by molar-refractivity contribution is 0.0600. The minimum atomic E-state index is -0.374. The first-order valence-electron chi connectivity index (χ1n) is 13.7. The largest absolute Gasteiger partial charge is 0.465 e. The lowest BCUT2D eigenvalue weighted by atomic mass is 9.92. The molecule has 8 nitrogen and oxygen atoms in total. The first-order chi connectivity index (χ1) is 20.5. The molecule has 0 saturated heterocycles. The van der Waals surface area contributed by atoms with E-state index < -0.39 is 0 Å². The molecule has 5 aromatic rings. The van der Waals surface area contributed by atoms with Crippen LogP contribution in [0.1, 0.15) is 38.8 Å². The number of methoxy groups -OCH3 is 1. The average Bonchev–Trinajstić information content (AvgIpc) is 3.37. The summed E-state index contributed by atoms with van der Waals surface area (Å²) in [5, 5.41) is 8.51. The van der Waals surface area contributed by atoms with Crippen molar-refractivity contribution in [3.63, 3.8) is 0 Å². The van der Waals surface area contributed by atoms with Crippen LogP contribution in [0.4, 0.5) is 22.9 Å². The number of esters is 1. The van der Waals surface area contributed by atoms with Gasteiger partial charge in [0.15, 0.2) is 17.5 Å². The number of hydrogen-bond acceptors (Lipinski definition) is 7. The Morgan fingerprint density at radius 3 is 2.29 bits per heavy atom. The molecule has 0 saturated carbocycles. The van der Waals surface area contributed by atoms with Crippen molar-refractivity contribution in [1.82, 2.24) is 9.78 Å². The third-order valence-corrected chi connectivity index (χ3v) is 7.60. The molecule has 0 amide bonds. The molecule has 0 fully saturated rings. The van der Waals surface area contributed by atoms with Crippen molar-refractivity contribution in [1.29, 1.82) is 0 Å². The summed E-state index contributed by atoms with van der Waals surface area (Å²) in [6.45, 7) is 4.08. The zero-order valence-corrected chi connectivity index (χ0v) is 23.4. The molecule has 2 aliphatic rings. The van der Waals surface area contributed by atoms with Gasteiger partial charge in [0.1, 0.15) is 0 Å². The van der Waals surface area contributed by atoms with Crippen molar-refractivity contribution in [2.45, 2.75) is 19.9 Å². The summed E-state index contributed by atoms with van der Waals surface area (Å²) in [4.78, 5) is 24.8. The van der Waals surface area contributed by atoms with Crippen LogP contribution < -0.4 is 10.2 Å². The molecule has 0 aliphatic carbocycles. The van der Waals surface area contributed by atoms with Crippen LogP contribution >= 0.6 is 0 Å². The zero-order valence-electron chi connectivity index (χ0n) is 23.4. The van der Waals surface area contributed by atoms with Gasteiger partial charge < -0.3 is 15.0 Å². The second-order valence-corrected chi connectivity index (χ2v) is 10.3. The van der Waals surface area contributed by atoms with Crippen molar-refractivity contribution in [2.75, 3.05) is 17.3 Å². The number of nitrogens with zero attached hydrogens (tertiary/aromatic N) is 5. The molecule has 1 atom stereocenters. The quantitative estimate of drug-likeness (QED) is 0.241. The monoisotopic (exact) mass is 552 g/mol. The van der Waals surface area contributed by atoms with Gasteiger partial charge in [-0.05, 0) is 67.9 Å². The maximum atomic E-state index is 12.3. The van der Waals surface area contributed by atoms with Gasteiger partial charge in [-0.25, -0.2) is 19.5 Å². The predicted octanol–water partition coefficient (Wildman–Crippen LogP) is 7.07. The Labute approximate surface area is 243 Å². The number of anilines is 2. The molecule has 2 aliphatic heterocycles. The number of amidine groups is 2. The van der Waals surface area contributed by atoms with Gasteiger partial charge in [-0.3, -0.25) is 0 Å². The normalized spacial score (nSPS) is 15.1. The standard InChI is InChI=1S/C34H28N6O2/c1-21-13-19-25(20-14-21)35-31-33-37-32-29(22(2)38-40(32)26-9-5-4-6-10-26)30(23-15-17-24(18-16-23)34(41)42-3)39(33)28-12-8-7-11-27(28)36-31/h4-20,30H,1-3H3,(H,35,36)/t30-/m0/s1. The highest BCUT2D eigenvalue weighted by Crippen LogP contribution is 2.48. The van der Waals surface area contributed by atoms with Crippen molar-refractivity contribution in [2.24, 2.45) is 9.98 Å². The highest BCUT2D eigenvalue weighted by Gasteiger charge is 2.41. The highest BCUT2D eigenvalue weighted by molar-refractivity contribution is 6.51. The molecule has 0 radical (unpaired) electrons. The molecule has 8 heteroatoms. The second kappa shape index (κ2) is 10.2. The van der Waals surface area contributed by atoms with Crippen LogP contribution in [0, 0.1) is 13.8 Å². The number of carbonyl (C=O) groups is 1. The number of carbonyl (C=O) groups excluding carboxylic acids is 1. The van der Waals surface area contributed by atoms with E-state index in [1.54, 1.807) is 12.1 Å². The molecule has 0 unspecified atom stereocenters. The lowest BCUT2D eigenvalue weighted by Crippen LogP contribution is -2.46. The summed E-state index contributed by atoms with van der Waals surface area (Å²) in [5.41, 5.74) is 8.11. The van der Waals surface area contributed by atoms with Gasteiger partial charge in [0.25, 0.3) is 0 Å². The number of para-hydroxylation sites is 3. The molecular weight excluding hydrogens is 524 g/mol. The summed E-state index contributed by atoms with van der Waals surface area (Å²) in [7, 11) is 1.39. The minimum Gasteiger partial charge on any atom is -0.465 e. The Bertz CT molecular complexity index is 1870. The number of hydrogen-bond donors (Lipinski definition) is 1. The lowest BCUT2D eigenvalue weighted by Gasteiger charge is -2.40. The molecule has 7 rings (SSSR count). The van der Waals surface area contributed by atoms with Gasteiger partial charge >= 0.3 is 5.97 Å². The smallest absolute Gasteiger partial charge is 0.337 e. The van der Waals surface area contributed by atoms with E-state index in [1.807, 2.05) is 84.4 Å². The fourth-order valence-corrected chi connectivity index (χ4v) is 5.56. The van der Waals surface area contributed by atoms with Crippen molar-refractivity contribution < 1.29 is 9.53 Å². The van der Waals surface area contributed by atoms with E-state index in [0.29, 0.717) is 17.2 Å². The van der Waals surface area contributed by atoms with E-state index >= 15 is 0 Å². The molecule has 206 valence electrons. The molecule has 0 spiro atoms. The number of ether oxygens (including phenoxy) is 1. The van der Waals surface area contributed by atoms with E-state index in [4.69, 9.17) is 19.8 Å². The van der Waals surface area contributed by atoms with E-state index in [9.17, 15) is 4.79 Å². The summed E-state index contributed by atoms with van der Waals surface area (Å²) in [6.07, 6.45) is 0. The van der Waals surface area contributed by atoms with E-state index in [2.05, 4.69) is 35.3 Å². The van der Waals surface area contributed by atoms with Gasteiger partial charge in [0.2, 0.25) is 0 Å². The average molecular weight is 553 g/mol. The Balaban J connectivity index is 1.47. The van der Waals surface area contributed by atoms with Crippen LogP contribution in [0.2, 0.25) is 0 Å². The van der Waals surface area contributed by atoms with Gasteiger partial charge in [0, 0.05) is 11.3 Å². The molecule has 42 heavy (non-hydrogen) atoms. The maximum Gasteiger partial charge on any atom is 0.337 e. The molecule has 0 bridgehead atoms. The summed E-state index contributed by atoms with van der Waals surface area (Å²) < 4.78 is 6.85. The SMILES string of the molecule is COC(=O)c1ccc([C@H]2c3c(C)nn(-c4ccccc4)c3N=C3C(Nc4ccc(C)cc4)=Nc4ccccc4N32)cc1. The second-order valence-electron chi connectivity index (χ2n) is 10.3. The third kappa shape index (κ3) is 4.25. The number of nitrogens with one attached hydrogen (secondary N) is 1. The molecular formula is C34H28N6O2. The topological polar surface area (TPSA) is 84.1 Å². The van der Waals surface area contributed by atoms with Gasteiger partial charge in [-0.2, -0.15) is 5.10 Å².